The molecule has 4 heteroatoms. The molecule has 4 nitrogen and oxygen atoms in total. The Morgan fingerprint density at radius 1 is 0.438 bits per heavy atom. The minimum Gasteiger partial charge on any atom is -0.481 e. The Morgan fingerprint density at radius 3 is 0.875 bits per heavy atom. The van der Waals surface area contributed by atoms with Crippen molar-refractivity contribution in [3.8, 4) is 0 Å². The lowest BCUT2D eigenvalue weighted by atomic mass is 10.0. The Hall–Kier alpha value is -0.610. The third-order valence-electron chi connectivity index (χ3n) is 6.71. The fraction of sp³-hybridized carbons (Fsp3) is 0.964. The maximum absolute atomic E-state index is 10.4. The summed E-state index contributed by atoms with van der Waals surface area (Å²) in [7, 11) is 0. The Kier molecular flexibility index (Phi) is 27.9. The summed E-state index contributed by atoms with van der Waals surface area (Å²) in [6.45, 7) is 0.960. The lowest BCUT2D eigenvalue weighted by Crippen LogP contribution is -2.22. The van der Waals surface area contributed by atoms with Gasteiger partial charge in [0.25, 0.3) is 0 Å². The van der Waals surface area contributed by atoms with Gasteiger partial charge in [0.2, 0.25) is 0 Å². The van der Waals surface area contributed by atoms with Crippen LogP contribution in [0, 0.1) is 0 Å². The van der Waals surface area contributed by atoms with Crippen LogP contribution in [0.15, 0.2) is 0 Å². The molecule has 0 atom stereocenters. The molecule has 0 heterocycles. The fourth-order valence-electron chi connectivity index (χ4n) is 4.57. The number of unbranched alkanes of at least 4 members (excludes halogenated alkanes) is 24. The lowest BCUT2D eigenvalue weighted by Gasteiger charge is -2.04. The third-order valence-corrected chi connectivity index (χ3v) is 6.71. The second kappa shape index (κ2) is 28.4. The zero-order valence-electron chi connectivity index (χ0n) is 21.5. The van der Waals surface area contributed by atoms with Crippen LogP contribution in [0.4, 0.5) is 0 Å². The second-order valence-electron chi connectivity index (χ2n) is 9.94. The number of nitrogens with two attached hydrogens (primary N) is 1. The van der Waals surface area contributed by atoms with Crippen molar-refractivity contribution in [2.45, 2.75) is 167 Å². The summed E-state index contributed by atoms with van der Waals surface area (Å²) in [5.74, 6) is 4.62. The summed E-state index contributed by atoms with van der Waals surface area (Å²) in [6.07, 6.45) is 34.3. The van der Waals surface area contributed by atoms with Crippen LogP contribution in [0.2, 0.25) is 0 Å². The number of hydrazine groups is 1. The normalized spacial score (nSPS) is 11.3. The third kappa shape index (κ3) is 29.4. The summed E-state index contributed by atoms with van der Waals surface area (Å²) in [5.41, 5.74) is 2.73. The van der Waals surface area contributed by atoms with Gasteiger partial charge in [-0.2, -0.15) is 0 Å². The lowest BCUT2D eigenvalue weighted by molar-refractivity contribution is -0.137. The first kappa shape index (κ1) is 31.4. The predicted molar refractivity (Wildman–Crippen MR) is 140 cm³/mol. The van der Waals surface area contributed by atoms with Gasteiger partial charge in [0, 0.05) is 13.0 Å². The molecule has 0 radical (unpaired) electrons. The fourth-order valence-corrected chi connectivity index (χ4v) is 4.57. The Labute approximate surface area is 200 Å². The largest absolute Gasteiger partial charge is 0.481 e. The first-order valence-electron chi connectivity index (χ1n) is 14.4. The highest BCUT2D eigenvalue weighted by atomic mass is 16.4. The molecule has 4 N–H and O–H groups in total. The van der Waals surface area contributed by atoms with Crippen molar-refractivity contribution < 1.29 is 9.90 Å². The van der Waals surface area contributed by atoms with Crippen molar-refractivity contribution >= 4 is 5.97 Å². The van der Waals surface area contributed by atoms with Gasteiger partial charge in [-0.15, -0.1) is 0 Å². The summed E-state index contributed by atoms with van der Waals surface area (Å²) in [4.78, 5) is 10.4. The Bertz CT molecular complexity index is 363. The number of hydrogen-bond donors (Lipinski definition) is 3. The average Bonchev–Trinajstić information content (AvgIpc) is 2.78. The summed E-state index contributed by atoms with van der Waals surface area (Å²) in [6, 6.07) is 0. The van der Waals surface area contributed by atoms with E-state index in [0.29, 0.717) is 6.42 Å². The SMILES string of the molecule is NNCCCCCCCCCCCCCCCCCCCCCCCCCCCC(=O)O. The number of hydrogen-bond acceptors (Lipinski definition) is 3. The minimum atomic E-state index is -0.652. The van der Waals surface area contributed by atoms with E-state index in [9.17, 15) is 4.79 Å². The number of rotatable bonds is 28. The van der Waals surface area contributed by atoms with E-state index < -0.39 is 5.97 Å². The maximum atomic E-state index is 10.4. The predicted octanol–water partition coefficient (Wildman–Crippen LogP) is 8.68. The van der Waals surface area contributed by atoms with Gasteiger partial charge in [-0.1, -0.05) is 148 Å². The first-order chi connectivity index (χ1) is 15.8. The topological polar surface area (TPSA) is 75.3 Å². The molecule has 192 valence electrons. The van der Waals surface area contributed by atoms with Gasteiger partial charge >= 0.3 is 5.97 Å². The quantitative estimate of drug-likeness (QED) is 0.0627. The van der Waals surface area contributed by atoms with Crippen molar-refractivity contribution in [2.75, 3.05) is 6.54 Å². The Morgan fingerprint density at radius 2 is 0.656 bits per heavy atom. The molecule has 0 saturated heterocycles. The molecule has 0 amide bonds. The van der Waals surface area contributed by atoms with E-state index in [1.165, 1.54) is 148 Å². The molecule has 0 aromatic carbocycles. The van der Waals surface area contributed by atoms with Crippen molar-refractivity contribution in [1.29, 1.82) is 0 Å². The van der Waals surface area contributed by atoms with Crippen molar-refractivity contribution in [2.24, 2.45) is 5.84 Å². The standard InChI is InChI=1S/C28H58N2O2/c29-30-27-25-23-21-19-17-15-13-11-9-7-5-3-1-2-4-6-8-10-12-14-16-18-20-22-24-26-28(31)32/h30H,1-27,29H2,(H,31,32). The average molecular weight is 455 g/mol. The van der Waals surface area contributed by atoms with Crippen molar-refractivity contribution in [3.05, 3.63) is 0 Å². The Balaban J connectivity index is 3.00. The number of nitrogens with one attached hydrogen (secondary N) is 1. The van der Waals surface area contributed by atoms with Gasteiger partial charge in [-0.3, -0.25) is 16.1 Å². The van der Waals surface area contributed by atoms with Gasteiger partial charge in [-0.05, 0) is 12.8 Å². The van der Waals surface area contributed by atoms with Crippen LogP contribution in [-0.4, -0.2) is 17.6 Å². The van der Waals surface area contributed by atoms with E-state index in [1.54, 1.807) is 0 Å². The molecule has 0 aromatic rings. The minimum absolute atomic E-state index is 0.343. The number of carboxylic acid groups (broad SMARTS) is 1. The van der Waals surface area contributed by atoms with Gasteiger partial charge in [0.1, 0.15) is 0 Å². The van der Waals surface area contributed by atoms with Crippen LogP contribution >= 0.6 is 0 Å². The van der Waals surface area contributed by atoms with E-state index in [0.717, 1.165) is 19.4 Å². The monoisotopic (exact) mass is 454 g/mol. The van der Waals surface area contributed by atoms with Crippen LogP contribution in [0.3, 0.4) is 0 Å². The van der Waals surface area contributed by atoms with Crippen molar-refractivity contribution in [3.63, 3.8) is 0 Å². The highest BCUT2D eigenvalue weighted by Gasteiger charge is 1.98. The summed E-state index contributed by atoms with van der Waals surface area (Å²) < 4.78 is 0. The van der Waals surface area contributed by atoms with Gasteiger partial charge < -0.3 is 5.11 Å². The summed E-state index contributed by atoms with van der Waals surface area (Å²) >= 11 is 0. The molecule has 0 rings (SSSR count). The van der Waals surface area contributed by atoms with Gasteiger partial charge in [0.05, 0.1) is 0 Å². The molecule has 0 fully saturated rings. The molecule has 0 aliphatic carbocycles. The molecular formula is C28H58N2O2. The van der Waals surface area contributed by atoms with Crippen LogP contribution in [0.25, 0.3) is 0 Å². The first-order valence-corrected chi connectivity index (χ1v) is 14.4. The highest BCUT2D eigenvalue weighted by Crippen LogP contribution is 2.15. The second-order valence-corrected chi connectivity index (χ2v) is 9.94. The molecule has 0 bridgehead atoms. The van der Waals surface area contributed by atoms with E-state index in [-0.39, 0.29) is 0 Å². The highest BCUT2D eigenvalue weighted by molar-refractivity contribution is 5.66. The maximum Gasteiger partial charge on any atom is 0.303 e. The molecule has 0 unspecified atom stereocenters. The van der Waals surface area contributed by atoms with E-state index in [4.69, 9.17) is 10.9 Å². The zero-order chi connectivity index (χ0) is 23.4. The van der Waals surface area contributed by atoms with Crippen LogP contribution in [-0.2, 0) is 4.79 Å². The summed E-state index contributed by atoms with van der Waals surface area (Å²) in [5, 5.41) is 8.60. The molecule has 0 aliphatic rings. The molecule has 0 spiro atoms. The molecule has 0 aromatic heterocycles. The van der Waals surface area contributed by atoms with Crippen LogP contribution < -0.4 is 11.3 Å². The van der Waals surface area contributed by atoms with Crippen LogP contribution in [0.1, 0.15) is 167 Å². The smallest absolute Gasteiger partial charge is 0.303 e. The zero-order valence-corrected chi connectivity index (χ0v) is 21.5. The number of carbonyl (C=O) groups is 1. The molecular weight excluding hydrogens is 396 g/mol. The van der Waals surface area contributed by atoms with Crippen molar-refractivity contribution in [1.82, 2.24) is 5.43 Å². The van der Waals surface area contributed by atoms with E-state index >= 15 is 0 Å². The van der Waals surface area contributed by atoms with Gasteiger partial charge in [-0.25, -0.2) is 0 Å². The molecule has 0 aliphatic heterocycles. The molecule has 0 saturated carbocycles. The van der Waals surface area contributed by atoms with Gasteiger partial charge in [0.15, 0.2) is 0 Å². The molecule has 32 heavy (non-hydrogen) atoms. The van der Waals surface area contributed by atoms with E-state index in [2.05, 4.69) is 5.43 Å². The number of carboxylic acids is 1. The van der Waals surface area contributed by atoms with Crippen LogP contribution in [0.5, 0.6) is 0 Å². The van der Waals surface area contributed by atoms with E-state index in [1.807, 2.05) is 0 Å². The number of aliphatic carboxylic acids is 1.